The lowest BCUT2D eigenvalue weighted by molar-refractivity contribution is 0.608. The van der Waals surface area contributed by atoms with Crippen LogP contribution >= 0.6 is 11.6 Å². The number of halogens is 1. The van der Waals surface area contributed by atoms with Gasteiger partial charge in [-0.15, -0.1) is 0 Å². The van der Waals surface area contributed by atoms with Crippen LogP contribution in [0.15, 0.2) is 39.0 Å². The molecule has 1 aliphatic rings. The number of fused-ring (bicyclic) bond motifs is 3. The van der Waals surface area contributed by atoms with Gasteiger partial charge in [0, 0.05) is 18.6 Å². The molecule has 1 aromatic carbocycles. The molecule has 0 N–H and O–H groups in total. The van der Waals surface area contributed by atoms with Crippen molar-refractivity contribution in [2.24, 2.45) is 12.1 Å². The topological polar surface area (TPSA) is 77.4 Å². The predicted octanol–water partition coefficient (Wildman–Crippen LogP) is 3.55. The third kappa shape index (κ3) is 3.69. The fourth-order valence-corrected chi connectivity index (χ4v) is 4.08. The van der Waals surface area contributed by atoms with E-state index in [0.29, 0.717) is 28.7 Å². The zero-order chi connectivity index (χ0) is 22.3. The van der Waals surface area contributed by atoms with Crippen molar-refractivity contribution in [2.75, 3.05) is 11.6 Å². The van der Waals surface area contributed by atoms with E-state index in [2.05, 4.69) is 6.92 Å². The maximum atomic E-state index is 13.5. The number of nitrogens with zero attached hydrogens (tertiary/aromatic N) is 6. The molecule has 2 aromatic heterocycles. The third-order valence-electron chi connectivity index (χ3n) is 5.89. The molecule has 0 unspecified atom stereocenters. The monoisotopic (exact) mass is 442 g/mol. The quantitative estimate of drug-likeness (QED) is 0.547. The average Bonchev–Trinajstić information content (AvgIpc) is 3.16. The van der Waals surface area contributed by atoms with Crippen LogP contribution in [0.4, 0.5) is 5.95 Å². The molecule has 0 amide bonds. The molecule has 9 heteroatoms. The second-order valence-electron chi connectivity index (χ2n) is 8.06. The highest BCUT2D eigenvalue weighted by atomic mass is 35.5. The number of rotatable bonds is 6. The van der Waals surface area contributed by atoms with Crippen LogP contribution < -0.4 is 16.3 Å². The van der Waals surface area contributed by atoms with Gasteiger partial charge in [-0.2, -0.15) is 10.1 Å². The van der Waals surface area contributed by atoms with E-state index in [9.17, 15) is 9.59 Å². The summed E-state index contributed by atoms with van der Waals surface area (Å²) in [6, 6.07) is 7.01. The van der Waals surface area contributed by atoms with Crippen LogP contribution in [0.5, 0.6) is 0 Å². The van der Waals surface area contributed by atoms with E-state index in [1.165, 1.54) is 9.13 Å². The van der Waals surface area contributed by atoms with Crippen LogP contribution in [0, 0.1) is 0 Å². The van der Waals surface area contributed by atoms with Crippen LogP contribution in [0.1, 0.15) is 51.6 Å². The zero-order valence-electron chi connectivity index (χ0n) is 18.3. The van der Waals surface area contributed by atoms with Gasteiger partial charge in [-0.05, 0) is 38.0 Å². The Kier molecular flexibility index (Phi) is 5.75. The molecule has 1 atom stereocenters. The van der Waals surface area contributed by atoms with Gasteiger partial charge in [-0.3, -0.25) is 18.5 Å². The molecule has 8 nitrogen and oxygen atoms in total. The fraction of sp³-hybridized carbons (Fsp3) is 0.455. The molecule has 1 aliphatic heterocycles. The first kappa shape index (κ1) is 21.4. The van der Waals surface area contributed by atoms with Crippen molar-refractivity contribution in [3.8, 4) is 0 Å². The second kappa shape index (κ2) is 8.34. The number of benzene rings is 1. The Labute approximate surface area is 185 Å². The molecular formula is C22H27ClN6O2. The van der Waals surface area contributed by atoms with Crippen molar-refractivity contribution in [1.82, 2.24) is 18.7 Å². The Bertz CT molecular complexity index is 1270. The maximum Gasteiger partial charge on any atom is 0.332 e. The second-order valence-corrected chi connectivity index (χ2v) is 8.50. The van der Waals surface area contributed by atoms with Gasteiger partial charge in [0.15, 0.2) is 11.2 Å². The summed E-state index contributed by atoms with van der Waals surface area (Å²) in [4.78, 5) is 31.3. The van der Waals surface area contributed by atoms with E-state index < -0.39 is 5.69 Å². The first-order chi connectivity index (χ1) is 14.8. The molecule has 0 saturated heterocycles. The van der Waals surface area contributed by atoms with Gasteiger partial charge in [-0.25, -0.2) is 9.80 Å². The molecule has 0 radical (unpaired) electrons. The van der Waals surface area contributed by atoms with Gasteiger partial charge in [0.05, 0.1) is 18.3 Å². The molecule has 164 valence electrons. The Morgan fingerprint density at radius 2 is 1.84 bits per heavy atom. The Morgan fingerprint density at radius 3 is 2.52 bits per heavy atom. The molecular weight excluding hydrogens is 416 g/mol. The van der Waals surface area contributed by atoms with Crippen LogP contribution in [-0.4, -0.2) is 30.9 Å². The highest BCUT2D eigenvalue weighted by Gasteiger charge is 2.30. The first-order valence-electron chi connectivity index (χ1n) is 10.6. The Hall–Kier alpha value is -2.87. The van der Waals surface area contributed by atoms with Gasteiger partial charge in [0.1, 0.15) is 0 Å². The van der Waals surface area contributed by atoms with Crippen molar-refractivity contribution < 1.29 is 0 Å². The number of hydrogen-bond donors (Lipinski definition) is 0. The molecule has 31 heavy (non-hydrogen) atoms. The largest absolute Gasteiger partial charge is 0.332 e. The van der Waals surface area contributed by atoms with Gasteiger partial charge in [0.2, 0.25) is 5.95 Å². The van der Waals surface area contributed by atoms with E-state index in [1.807, 2.05) is 35.6 Å². The minimum atomic E-state index is -0.397. The normalized spacial score (nSPS) is 16.0. The van der Waals surface area contributed by atoms with Crippen molar-refractivity contribution in [1.29, 1.82) is 0 Å². The van der Waals surface area contributed by atoms with Crippen molar-refractivity contribution in [3.05, 3.63) is 55.7 Å². The minimum absolute atomic E-state index is 0.128. The molecule has 3 heterocycles. The first-order valence-corrected chi connectivity index (χ1v) is 11.0. The molecule has 0 spiro atoms. The predicted molar refractivity (Wildman–Crippen MR) is 124 cm³/mol. The smallest absolute Gasteiger partial charge is 0.294 e. The number of aryl methyl sites for hydroxylation is 1. The highest BCUT2D eigenvalue weighted by molar-refractivity contribution is 6.30. The number of aromatic nitrogens is 4. The number of imidazole rings is 1. The van der Waals surface area contributed by atoms with E-state index >= 15 is 0 Å². The summed E-state index contributed by atoms with van der Waals surface area (Å²) in [5.41, 5.74) is 1.80. The summed E-state index contributed by atoms with van der Waals surface area (Å²) in [5, 5.41) is 7.18. The summed E-state index contributed by atoms with van der Waals surface area (Å²) < 4.78 is 4.63. The summed E-state index contributed by atoms with van der Waals surface area (Å²) >= 11 is 5.97. The van der Waals surface area contributed by atoms with Crippen molar-refractivity contribution >= 4 is 34.4 Å². The summed E-state index contributed by atoms with van der Waals surface area (Å²) in [6.45, 7) is 7.00. The van der Waals surface area contributed by atoms with Gasteiger partial charge in [-0.1, -0.05) is 43.5 Å². The maximum absolute atomic E-state index is 13.5. The van der Waals surface area contributed by atoms with Gasteiger partial charge in [0.25, 0.3) is 5.56 Å². The number of hydrogen-bond acceptors (Lipinski definition) is 5. The van der Waals surface area contributed by atoms with Gasteiger partial charge >= 0.3 is 5.69 Å². The molecule has 0 bridgehead atoms. The van der Waals surface area contributed by atoms with E-state index in [0.717, 1.165) is 30.5 Å². The van der Waals surface area contributed by atoms with Crippen molar-refractivity contribution in [2.45, 2.75) is 52.6 Å². The van der Waals surface area contributed by atoms with Crippen molar-refractivity contribution in [3.63, 3.8) is 0 Å². The minimum Gasteiger partial charge on any atom is -0.294 e. The third-order valence-corrected chi connectivity index (χ3v) is 6.14. The average molecular weight is 443 g/mol. The highest BCUT2D eigenvalue weighted by Crippen LogP contribution is 2.30. The van der Waals surface area contributed by atoms with Crippen LogP contribution in [-0.2, 0) is 13.6 Å². The Balaban J connectivity index is 1.89. The molecule has 0 fully saturated rings. The van der Waals surface area contributed by atoms with Crippen LogP contribution in [0.2, 0.25) is 5.02 Å². The Morgan fingerprint density at radius 1 is 1.13 bits per heavy atom. The lowest BCUT2D eigenvalue weighted by atomic mass is 10.2. The SMILES string of the molecule is CCCCCN1N=C(C)[C@H](C)n2c1nc1c2c(=O)n(Cc2ccc(Cl)cc2)c(=O)n1C. The van der Waals surface area contributed by atoms with Crippen LogP contribution in [0.3, 0.4) is 0 Å². The summed E-state index contributed by atoms with van der Waals surface area (Å²) in [6.07, 6.45) is 3.17. The number of anilines is 1. The summed E-state index contributed by atoms with van der Waals surface area (Å²) in [5.74, 6) is 0.612. The molecule has 4 rings (SSSR count). The van der Waals surface area contributed by atoms with E-state index in [-0.39, 0.29) is 18.1 Å². The molecule has 0 aliphatic carbocycles. The number of hydrazone groups is 1. The summed E-state index contributed by atoms with van der Waals surface area (Å²) in [7, 11) is 1.65. The zero-order valence-corrected chi connectivity index (χ0v) is 19.1. The number of unbranched alkanes of at least 4 members (excludes halogenated alkanes) is 2. The van der Waals surface area contributed by atoms with Crippen LogP contribution in [0.25, 0.3) is 11.2 Å². The van der Waals surface area contributed by atoms with E-state index in [4.69, 9.17) is 21.7 Å². The molecule has 0 saturated carbocycles. The molecule has 3 aromatic rings. The van der Waals surface area contributed by atoms with Gasteiger partial charge < -0.3 is 0 Å². The standard InChI is InChI=1S/C22H27ClN6O2/c1-5-6-7-12-28-21-24-19-18(29(21)15(3)14(2)25-28)20(30)27(22(31)26(19)4)13-16-8-10-17(23)11-9-16/h8-11,15H,5-7,12-13H2,1-4H3/t15-/m0/s1. The lowest BCUT2D eigenvalue weighted by Crippen LogP contribution is -2.40. The fourth-order valence-electron chi connectivity index (χ4n) is 3.96. The van der Waals surface area contributed by atoms with E-state index in [1.54, 1.807) is 19.2 Å². The lowest BCUT2D eigenvalue weighted by Gasteiger charge is -2.29.